The zero-order chi connectivity index (χ0) is 11.3. The Balaban J connectivity index is 2.73. The maximum absolute atomic E-state index is 5.97. The number of rotatable bonds is 6. The van der Waals surface area contributed by atoms with Gasteiger partial charge in [0.05, 0.1) is 10.8 Å². The van der Waals surface area contributed by atoms with Crippen LogP contribution in [-0.4, -0.2) is 18.1 Å². The summed E-state index contributed by atoms with van der Waals surface area (Å²) in [6.07, 6.45) is 2.37. The molecule has 0 aliphatic rings. The molecule has 1 aromatic heterocycles. The van der Waals surface area contributed by atoms with Crippen molar-refractivity contribution < 1.29 is 0 Å². The Morgan fingerprint density at radius 1 is 1.40 bits per heavy atom. The summed E-state index contributed by atoms with van der Waals surface area (Å²) in [7, 11) is 0. The first kappa shape index (κ1) is 13.1. The predicted molar refractivity (Wildman–Crippen MR) is 69.5 cm³/mol. The van der Waals surface area contributed by atoms with E-state index >= 15 is 0 Å². The molecule has 0 aliphatic carbocycles. The largest absolute Gasteiger partial charge is 0.348 e. The Labute approximate surface area is 105 Å². The van der Waals surface area contributed by atoms with E-state index in [0.717, 1.165) is 23.1 Å². The van der Waals surface area contributed by atoms with Gasteiger partial charge < -0.3 is 4.90 Å². The molecule has 0 atom stereocenters. The van der Waals surface area contributed by atoms with Gasteiger partial charge in [0.1, 0.15) is 5.15 Å². The van der Waals surface area contributed by atoms with Gasteiger partial charge in [-0.15, -0.1) is 11.6 Å². The molecule has 0 bridgehead atoms. The topological polar surface area (TPSA) is 16.1 Å². The molecule has 0 spiro atoms. The number of alkyl halides is 1. The fourth-order valence-electron chi connectivity index (χ4n) is 1.28. The highest BCUT2D eigenvalue weighted by Crippen LogP contribution is 2.30. The Bertz CT molecular complexity index is 302. The summed E-state index contributed by atoms with van der Waals surface area (Å²) >= 11 is 13.3. The van der Waals surface area contributed by atoms with E-state index < -0.39 is 0 Å². The van der Waals surface area contributed by atoms with Crippen LogP contribution in [0.5, 0.6) is 0 Å². The quantitative estimate of drug-likeness (QED) is 0.719. The van der Waals surface area contributed by atoms with Crippen LogP contribution >= 0.6 is 34.5 Å². The van der Waals surface area contributed by atoms with Gasteiger partial charge in [0.2, 0.25) is 0 Å². The third-order valence-corrected chi connectivity index (χ3v) is 4.16. The number of thiazole rings is 1. The minimum absolute atomic E-state index is 0.446. The Kier molecular flexibility index (Phi) is 5.72. The second-order valence-electron chi connectivity index (χ2n) is 3.28. The van der Waals surface area contributed by atoms with Crippen LogP contribution in [0.15, 0.2) is 0 Å². The van der Waals surface area contributed by atoms with Gasteiger partial charge in [-0.2, -0.15) is 0 Å². The summed E-state index contributed by atoms with van der Waals surface area (Å²) < 4.78 is 0. The molecule has 5 heteroatoms. The number of hydrogen-bond donors (Lipinski definition) is 0. The average Bonchev–Trinajstić information content (AvgIpc) is 2.61. The molecule has 0 aromatic carbocycles. The zero-order valence-corrected chi connectivity index (χ0v) is 11.4. The predicted octanol–water partition coefficient (Wildman–Crippen LogP) is 4.16. The van der Waals surface area contributed by atoms with Gasteiger partial charge in [-0.25, -0.2) is 4.98 Å². The van der Waals surface area contributed by atoms with Crippen molar-refractivity contribution in [1.82, 2.24) is 4.98 Å². The molecule has 2 nitrogen and oxygen atoms in total. The highest BCUT2D eigenvalue weighted by molar-refractivity contribution is 7.16. The van der Waals surface area contributed by atoms with E-state index in [-0.39, 0.29) is 0 Å². The molecule has 1 heterocycles. The van der Waals surface area contributed by atoms with Gasteiger partial charge in [0, 0.05) is 13.1 Å². The van der Waals surface area contributed by atoms with E-state index in [1.807, 2.05) is 0 Å². The molecule has 0 aliphatic heterocycles. The molecule has 0 radical (unpaired) electrons. The van der Waals surface area contributed by atoms with Gasteiger partial charge >= 0.3 is 0 Å². The van der Waals surface area contributed by atoms with Gasteiger partial charge in [-0.1, -0.05) is 36.3 Å². The second-order valence-corrected chi connectivity index (χ2v) is 4.96. The third-order valence-electron chi connectivity index (χ3n) is 2.19. The third kappa shape index (κ3) is 3.51. The van der Waals surface area contributed by atoms with Crippen molar-refractivity contribution in [2.75, 3.05) is 18.0 Å². The zero-order valence-electron chi connectivity index (χ0n) is 9.09. The van der Waals surface area contributed by atoms with Crippen LogP contribution in [0.3, 0.4) is 0 Å². The molecule has 1 aromatic rings. The monoisotopic (exact) mass is 266 g/mol. The van der Waals surface area contributed by atoms with Gasteiger partial charge in [0.25, 0.3) is 0 Å². The summed E-state index contributed by atoms with van der Waals surface area (Å²) in [5.74, 6) is 0.446. The molecule has 0 amide bonds. The Hall–Kier alpha value is 0.01000. The summed E-state index contributed by atoms with van der Waals surface area (Å²) in [5, 5.41) is 1.55. The van der Waals surface area contributed by atoms with E-state index in [1.165, 1.54) is 12.8 Å². The smallest absolute Gasteiger partial charge is 0.187 e. The highest BCUT2D eigenvalue weighted by atomic mass is 35.5. The maximum Gasteiger partial charge on any atom is 0.187 e. The van der Waals surface area contributed by atoms with Crippen molar-refractivity contribution in [1.29, 1.82) is 0 Å². The van der Waals surface area contributed by atoms with E-state index in [9.17, 15) is 0 Å². The van der Waals surface area contributed by atoms with E-state index in [1.54, 1.807) is 11.3 Å². The number of hydrogen-bond acceptors (Lipinski definition) is 3. The minimum Gasteiger partial charge on any atom is -0.348 e. The summed E-state index contributed by atoms with van der Waals surface area (Å²) in [6, 6.07) is 0. The molecule has 0 N–H and O–H groups in total. The van der Waals surface area contributed by atoms with Crippen molar-refractivity contribution in [3.8, 4) is 0 Å². The van der Waals surface area contributed by atoms with E-state index in [4.69, 9.17) is 23.2 Å². The summed E-state index contributed by atoms with van der Waals surface area (Å²) in [6.45, 7) is 6.32. The van der Waals surface area contributed by atoms with E-state index in [2.05, 4.69) is 23.7 Å². The summed E-state index contributed by atoms with van der Waals surface area (Å²) in [4.78, 5) is 7.54. The molecule has 0 saturated heterocycles. The average molecular weight is 267 g/mol. The normalized spacial score (nSPS) is 10.7. The van der Waals surface area contributed by atoms with Gasteiger partial charge in [-0.3, -0.25) is 0 Å². The van der Waals surface area contributed by atoms with Gasteiger partial charge in [0.15, 0.2) is 5.13 Å². The fourth-order valence-corrected chi connectivity index (χ4v) is 2.84. The number of aromatic nitrogens is 1. The van der Waals surface area contributed by atoms with Crippen LogP contribution in [0.4, 0.5) is 5.13 Å². The van der Waals surface area contributed by atoms with Crippen molar-refractivity contribution in [2.45, 2.75) is 32.6 Å². The lowest BCUT2D eigenvalue weighted by Crippen LogP contribution is -2.23. The summed E-state index contributed by atoms with van der Waals surface area (Å²) in [5.41, 5.74) is 0. The Morgan fingerprint density at radius 3 is 2.60 bits per heavy atom. The lowest BCUT2D eigenvalue weighted by Gasteiger charge is -2.18. The molecule has 0 unspecified atom stereocenters. The lowest BCUT2D eigenvalue weighted by atomic mass is 10.3. The molecular formula is C10H16Cl2N2S. The van der Waals surface area contributed by atoms with Crippen molar-refractivity contribution in [3.63, 3.8) is 0 Å². The van der Waals surface area contributed by atoms with Gasteiger partial charge in [-0.05, 0) is 13.3 Å². The minimum atomic E-state index is 0.446. The van der Waals surface area contributed by atoms with Crippen LogP contribution < -0.4 is 4.90 Å². The Morgan fingerprint density at radius 2 is 2.13 bits per heavy atom. The van der Waals surface area contributed by atoms with Crippen LogP contribution in [0.1, 0.15) is 31.6 Å². The second kappa shape index (κ2) is 6.56. The van der Waals surface area contributed by atoms with E-state index in [0.29, 0.717) is 11.0 Å². The molecule has 0 fully saturated rings. The fraction of sp³-hybridized carbons (Fsp3) is 0.700. The van der Waals surface area contributed by atoms with Crippen molar-refractivity contribution in [2.24, 2.45) is 0 Å². The first-order valence-electron chi connectivity index (χ1n) is 5.19. The standard InChI is InChI=1S/C10H16Cl2N2S/c1-3-5-6-14(4-2)10-13-9(12)8(7-11)15-10/h3-7H2,1-2H3. The maximum atomic E-state index is 5.97. The number of unbranched alkanes of at least 4 members (excludes halogenated alkanes) is 1. The molecule has 15 heavy (non-hydrogen) atoms. The van der Waals surface area contributed by atoms with Crippen LogP contribution in [0.25, 0.3) is 0 Å². The first-order chi connectivity index (χ1) is 7.22. The molecular weight excluding hydrogens is 251 g/mol. The highest BCUT2D eigenvalue weighted by Gasteiger charge is 2.12. The van der Waals surface area contributed by atoms with Crippen molar-refractivity contribution in [3.05, 3.63) is 10.0 Å². The molecule has 86 valence electrons. The van der Waals surface area contributed by atoms with Crippen LogP contribution in [-0.2, 0) is 5.88 Å². The number of nitrogens with zero attached hydrogens (tertiary/aromatic N) is 2. The number of halogens is 2. The SMILES string of the molecule is CCCCN(CC)c1nc(Cl)c(CCl)s1. The number of anilines is 1. The first-order valence-corrected chi connectivity index (χ1v) is 6.91. The lowest BCUT2D eigenvalue weighted by molar-refractivity contribution is 0.730. The van der Waals surface area contributed by atoms with Crippen LogP contribution in [0, 0.1) is 0 Å². The molecule has 0 saturated carbocycles. The molecule has 1 rings (SSSR count). The van der Waals surface area contributed by atoms with Crippen molar-refractivity contribution >= 4 is 39.7 Å². The van der Waals surface area contributed by atoms with Crippen LogP contribution in [0.2, 0.25) is 5.15 Å².